The highest BCUT2D eigenvalue weighted by Gasteiger charge is 2.34. The molecule has 0 bridgehead atoms. The summed E-state index contributed by atoms with van der Waals surface area (Å²) in [5.74, 6) is 0.889. The molecule has 9 nitrogen and oxygen atoms in total. The number of benzene rings is 1. The first kappa shape index (κ1) is 27.6. The molecule has 1 N–H and O–H groups in total. The molecule has 2 aliphatic rings. The summed E-state index contributed by atoms with van der Waals surface area (Å²) in [5.41, 5.74) is 4.64. The summed E-state index contributed by atoms with van der Waals surface area (Å²) in [7, 11) is 2.01. The number of aromatic nitrogens is 3. The second-order valence-corrected chi connectivity index (χ2v) is 11.7. The summed E-state index contributed by atoms with van der Waals surface area (Å²) in [6, 6.07) is 10.6. The van der Waals surface area contributed by atoms with E-state index < -0.39 is 6.23 Å². The van der Waals surface area contributed by atoms with Gasteiger partial charge in [0.05, 0.1) is 23.0 Å². The van der Waals surface area contributed by atoms with Crippen LogP contribution in [0, 0.1) is 11.7 Å². The Bertz CT molecular complexity index is 1530. The standard InChI is InChI=1S/C30H36FN7O2S/c1-4-25-28(34(3)30-33-26(19-41-30)21-5-7-23(31)8-6-21)38-18-24(9-10-27(38)32-25)35-13-15-36(16-14-35)29(40)22-11-12-37(17-22)20(2)39/h5-10,18-20,22,39H,4,11-17H2,1-3H3. The van der Waals surface area contributed by atoms with E-state index in [4.69, 9.17) is 9.97 Å². The average molecular weight is 578 g/mol. The summed E-state index contributed by atoms with van der Waals surface area (Å²) in [4.78, 5) is 31.2. The van der Waals surface area contributed by atoms with Gasteiger partial charge in [0.25, 0.3) is 0 Å². The number of thiazole rings is 1. The van der Waals surface area contributed by atoms with Gasteiger partial charge in [0.2, 0.25) is 5.91 Å². The zero-order chi connectivity index (χ0) is 28.7. The first-order chi connectivity index (χ1) is 19.8. The first-order valence-corrected chi connectivity index (χ1v) is 15.1. The Morgan fingerprint density at radius 3 is 2.56 bits per heavy atom. The Balaban J connectivity index is 1.19. The number of aliphatic hydroxyl groups is 1. The van der Waals surface area contributed by atoms with E-state index in [-0.39, 0.29) is 17.6 Å². The highest BCUT2D eigenvalue weighted by Crippen LogP contribution is 2.34. The van der Waals surface area contributed by atoms with Crippen LogP contribution < -0.4 is 9.80 Å². The van der Waals surface area contributed by atoms with Gasteiger partial charge in [-0.1, -0.05) is 6.92 Å². The SMILES string of the molecule is CCc1nc2ccc(N3CCN(C(=O)C4CCN(C(C)O)C4)CC3)cn2c1N(C)c1nc(-c2ccc(F)cc2)cs1. The monoisotopic (exact) mass is 577 g/mol. The third kappa shape index (κ3) is 5.41. The fourth-order valence-corrected chi connectivity index (χ4v) is 6.68. The van der Waals surface area contributed by atoms with Crippen LogP contribution in [-0.4, -0.2) is 87.7 Å². The van der Waals surface area contributed by atoms with Crippen LogP contribution in [0.4, 0.5) is 21.0 Å². The number of fused-ring (bicyclic) bond motifs is 1. The van der Waals surface area contributed by atoms with Crippen LogP contribution in [0.2, 0.25) is 0 Å². The van der Waals surface area contributed by atoms with Gasteiger partial charge < -0.3 is 19.8 Å². The van der Waals surface area contributed by atoms with Gasteiger partial charge in [0.1, 0.15) is 23.5 Å². The maximum atomic E-state index is 13.4. The number of carbonyl (C=O) groups is 1. The van der Waals surface area contributed by atoms with Gasteiger partial charge in [0.15, 0.2) is 5.13 Å². The minimum atomic E-state index is -0.507. The summed E-state index contributed by atoms with van der Waals surface area (Å²) in [5, 5.41) is 12.7. The molecule has 6 rings (SSSR count). The Morgan fingerprint density at radius 1 is 1.12 bits per heavy atom. The molecule has 2 atom stereocenters. The highest BCUT2D eigenvalue weighted by atomic mass is 32.1. The van der Waals surface area contributed by atoms with Crippen molar-refractivity contribution in [2.24, 2.45) is 5.92 Å². The Hall–Kier alpha value is -3.54. The number of aliphatic hydroxyl groups excluding tert-OH is 1. The molecule has 1 aromatic carbocycles. The van der Waals surface area contributed by atoms with Crippen LogP contribution in [0.15, 0.2) is 48.0 Å². The number of anilines is 3. The maximum absolute atomic E-state index is 13.4. The number of hydrogen-bond donors (Lipinski definition) is 1. The summed E-state index contributed by atoms with van der Waals surface area (Å²) in [6.07, 6.45) is 3.22. The lowest BCUT2D eigenvalue weighted by atomic mass is 10.1. The number of hydrogen-bond acceptors (Lipinski definition) is 8. The quantitative estimate of drug-likeness (QED) is 0.352. The lowest BCUT2D eigenvalue weighted by molar-refractivity contribution is -0.135. The van der Waals surface area contributed by atoms with E-state index in [0.717, 1.165) is 71.7 Å². The molecule has 11 heteroatoms. The third-order valence-electron chi connectivity index (χ3n) is 8.27. The Labute approximate surface area is 243 Å². The van der Waals surface area contributed by atoms with Crippen LogP contribution >= 0.6 is 11.3 Å². The summed E-state index contributed by atoms with van der Waals surface area (Å²) < 4.78 is 15.5. The summed E-state index contributed by atoms with van der Waals surface area (Å²) in [6.45, 7) is 8.16. The van der Waals surface area contributed by atoms with E-state index in [1.165, 1.54) is 12.1 Å². The number of piperazine rings is 1. The van der Waals surface area contributed by atoms with Crippen LogP contribution in [-0.2, 0) is 11.2 Å². The molecule has 4 aromatic rings. The zero-order valence-corrected chi connectivity index (χ0v) is 24.5. The normalized spacial score (nSPS) is 18.8. The van der Waals surface area contributed by atoms with Gasteiger partial charge in [-0.2, -0.15) is 0 Å². The number of amides is 1. The molecule has 2 saturated heterocycles. The number of halogens is 1. The predicted molar refractivity (Wildman–Crippen MR) is 160 cm³/mol. The van der Waals surface area contributed by atoms with E-state index in [9.17, 15) is 14.3 Å². The minimum absolute atomic E-state index is 0.0292. The van der Waals surface area contributed by atoms with Crippen LogP contribution in [0.25, 0.3) is 16.9 Å². The molecule has 1 amide bonds. The Morgan fingerprint density at radius 2 is 1.88 bits per heavy atom. The van der Waals surface area contributed by atoms with E-state index in [0.29, 0.717) is 19.6 Å². The summed E-state index contributed by atoms with van der Waals surface area (Å²) >= 11 is 1.54. The number of pyridine rings is 1. The molecule has 41 heavy (non-hydrogen) atoms. The molecule has 0 saturated carbocycles. The predicted octanol–water partition coefficient (Wildman–Crippen LogP) is 4.24. The molecule has 2 aliphatic heterocycles. The number of rotatable bonds is 7. The van der Waals surface area contributed by atoms with Gasteiger partial charge in [-0.05, 0) is 56.2 Å². The third-order valence-corrected chi connectivity index (χ3v) is 9.19. The van der Waals surface area contributed by atoms with Crippen molar-refractivity contribution < 1.29 is 14.3 Å². The van der Waals surface area contributed by atoms with Crippen LogP contribution in [0.3, 0.4) is 0 Å². The lowest BCUT2D eigenvalue weighted by Crippen LogP contribution is -2.50. The van der Waals surface area contributed by atoms with Crippen molar-refractivity contribution in [2.75, 3.05) is 56.1 Å². The van der Waals surface area contributed by atoms with Crippen LogP contribution in [0.1, 0.15) is 26.0 Å². The van der Waals surface area contributed by atoms with Crippen molar-refractivity contribution in [1.29, 1.82) is 0 Å². The highest BCUT2D eigenvalue weighted by molar-refractivity contribution is 7.14. The van der Waals surface area contributed by atoms with Gasteiger partial charge in [-0.15, -0.1) is 11.3 Å². The minimum Gasteiger partial charge on any atom is -0.379 e. The van der Waals surface area contributed by atoms with E-state index >= 15 is 0 Å². The zero-order valence-electron chi connectivity index (χ0n) is 23.7. The van der Waals surface area contributed by atoms with Gasteiger partial charge in [-0.25, -0.2) is 14.4 Å². The number of aryl methyl sites for hydroxylation is 1. The van der Waals surface area contributed by atoms with Crippen LogP contribution in [0.5, 0.6) is 0 Å². The van der Waals surface area contributed by atoms with E-state index in [1.807, 2.05) is 22.2 Å². The molecule has 0 spiro atoms. The fraction of sp³-hybridized carbons (Fsp3) is 0.433. The molecule has 2 fully saturated rings. The number of likely N-dealkylation sites (tertiary alicyclic amines) is 1. The molecule has 3 aromatic heterocycles. The Kier molecular flexibility index (Phi) is 7.67. The molecule has 0 aliphatic carbocycles. The number of carbonyl (C=O) groups excluding carboxylic acids is 1. The molecular weight excluding hydrogens is 541 g/mol. The second kappa shape index (κ2) is 11.4. The number of nitrogens with zero attached hydrogens (tertiary/aromatic N) is 7. The number of imidazole rings is 1. The van der Waals surface area contributed by atoms with Gasteiger partial charge >= 0.3 is 0 Å². The maximum Gasteiger partial charge on any atom is 0.227 e. The molecule has 2 unspecified atom stereocenters. The molecule has 0 radical (unpaired) electrons. The van der Waals surface area contributed by atoms with Gasteiger partial charge in [-0.3, -0.25) is 14.1 Å². The van der Waals surface area contributed by atoms with Crippen molar-refractivity contribution in [3.63, 3.8) is 0 Å². The first-order valence-electron chi connectivity index (χ1n) is 14.2. The van der Waals surface area contributed by atoms with Crippen molar-refractivity contribution >= 4 is 39.5 Å². The van der Waals surface area contributed by atoms with E-state index in [2.05, 4.69) is 39.5 Å². The van der Waals surface area contributed by atoms with Crippen molar-refractivity contribution in [1.82, 2.24) is 24.2 Å². The molecule has 5 heterocycles. The fourth-order valence-electron chi connectivity index (χ4n) is 5.88. The van der Waals surface area contributed by atoms with E-state index in [1.54, 1.807) is 30.4 Å². The van der Waals surface area contributed by atoms with Crippen molar-refractivity contribution in [2.45, 2.75) is 32.9 Å². The van der Waals surface area contributed by atoms with Crippen molar-refractivity contribution in [3.05, 3.63) is 59.5 Å². The largest absolute Gasteiger partial charge is 0.379 e. The second-order valence-electron chi connectivity index (χ2n) is 10.9. The smallest absolute Gasteiger partial charge is 0.227 e. The molecular formula is C30H36FN7O2S. The molecule has 216 valence electrons. The average Bonchev–Trinajstić information content (AvgIpc) is 3.75. The topological polar surface area (TPSA) is 80.5 Å². The lowest BCUT2D eigenvalue weighted by Gasteiger charge is -2.37. The van der Waals surface area contributed by atoms with Crippen molar-refractivity contribution in [3.8, 4) is 11.3 Å². The van der Waals surface area contributed by atoms with Gasteiger partial charge in [0, 0.05) is 63.5 Å².